The Morgan fingerprint density at radius 3 is 2.92 bits per heavy atom. The number of rotatable bonds is 2. The molecule has 0 fully saturated rings. The Labute approximate surface area is 81.6 Å². The van der Waals surface area contributed by atoms with Crippen LogP contribution in [-0.2, 0) is 6.61 Å². The zero-order valence-corrected chi connectivity index (χ0v) is 7.91. The van der Waals surface area contributed by atoms with E-state index in [0.717, 1.165) is 0 Å². The van der Waals surface area contributed by atoms with Crippen molar-refractivity contribution in [1.29, 1.82) is 5.26 Å². The summed E-state index contributed by atoms with van der Waals surface area (Å²) in [4.78, 5) is 4.01. The number of aliphatic hydroxyl groups excluding tert-OH is 1. The molecular weight excluding hydrogens is 188 g/mol. The maximum atomic E-state index is 8.79. The Kier molecular flexibility index (Phi) is 3.24. The maximum Gasteiger partial charge on any atom is 0.0871 e. The lowest BCUT2D eigenvalue weighted by Gasteiger charge is -2.05. The van der Waals surface area contributed by atoms with Gasteiger partial charge in [-0.25, -0.2) is 0 Å². The lowest BCUT2D eigenvalue weighted by Crippen LogP contribution is -1.97. The van der Waals surface area contributed by atoms with Crippen LogP contribution in [0.2, 0.25) is 5.02 Å². The van der Waals surface area contributed by atoms with Crippen molar-refractivity contribution >= 4 is 11.6 Å². The third-order valence-corrected chi connectivity index (χ3v) is 2.02. The summed E-state index contributed by atoms with van der Waals surface area (Å²) in [7, 11) is 0. The topological polar surface area (TPSA) is 56.9 Å². The fourth-order valence-electron chi connectivity index (χ4n) is 0.954. The van der Waals surface area contributed by atoms with Crippen molar-refractivity contribution in [1.82, 2.24) is 4.98 Å². The molecule has 0 bridgehead atoms. The van der Waals surface area contributed by atoms with Crippen molar-refractivity contribution in [3.8, 4) is 6.07 Å². The number of hydrogen-bond donors (Lipinski definition) is 1. The van der Waals surface area contributed by atoms with E-state index in [0.29, 0.717) is 16.3 Å². The average molecular weight is 197 g/mol. The summed E-state index contributed by atoms with van der Waals surface area (Å²) in [6.07, 6.45) is 1.52. The first-order chi connectivity index (χ1) is 6.19. The highest BCUT2D eigenvalue weighted by Gasteiger charge is 2.10. The smallest absolute Gasteiger partial charge is 0.0871 e. The highest BCUT2D eigenvalue weighted by Crippen LogP contribution is 2.22. The van der Waals surface area contributed by atoms with Crippen LogP contribution in [0.4, 0.5) is 0 Å². The van der Waals surface area contributed by atoms with E-state index < -0.39 is 0 Å². The SMILES string of the molecule is CC(C#N)c1ncc(CO)cc1Cl. The summed E-state index contributed by atoms with van der Waals surface area (Å²) in [5, 5.41) is 17.9. The number of nitriles is 1. The minimum atomic E-state index is -0.319. The molecule has 1 heterocycles. The molecule has 1 rings (SSSR count). The minimum absolute atomic E-state index is 0.0894. The van der Waals surface area contributed by atoms with Gasteiger partial charge in [-0.2, -0.15) is 5.26 Å². The van der Waals surface area contributed by atoms with Gasteiger partial charge >= 0.3 is 0 Å². The van der Waals surface area contributed by atoms with Gasteiger partial charge in [0.15, 0.2) is 0 Å². The van der Waals surface area contributed by atoms with Gasteiger partial charge in [0.2, 0.25) is 0 Å². The van der Waals surface area contributed by atoms with Gasteiger partial charge < -0.3 is 5.11 Å². The van der Waals surface area contributed by atoms with E-state index in [-0.39, 0.29) is 12.5 Å². The molecule has 0 aliphatic heterocycles. The lowest BCUT2D eigenvalue weighted by atomic mass is 10.1. The molecule has 0 saturated heterocycles. The summed E-state index contributed by atoms with van der Waals surface area (Å²) >= 11 is 5.86. The molecule has 0 amide bonds. The fourth-order valence-corrected chi connectivity index (χ4v) is 1.31. The number of halogens is 1. The molecule has 0 spiro atoms. The third kappa shape index (κ3) is 2.18. The van der Waals surface area contributed by atoms with Gasteiger partial charge in [-0.05, 0) is 18.6 Å². The first-order valence-electron chi connectivity index (χ1n) is 3.83. The molecule has 13 heavy (non-hydrogen) atoms. The van der Waals surface area contributed by atoms with E-state index in [1.165, 1.54) is 6.20 Å². The molecule has 0 aromatic carbocycles. The van der Waals surface area contributed by atoms with E-state index in [9.17, 15) is 0 Å². The predicted octanol–water partition coefficient (Wildman–Crippen LogP) is 1.85. The molecule has 4 heteroatoms. The Morgan fingerprint density at radius 2 is 2.46 bits per heavy atom. The molecule has 1 aromatic rings. The van der Waals surface area contributed by atoms with Crippen molar-refractivity contribution in [3.05, 3.63) is 28.5 Å². The van der Waals surface area contributed by atoms with Gasteiger partial charge in [0.1, 0.15) is 0 Å². The molecule has 68 valence electrons. The highest BCUT2D eigenvalue weighted by atomic mass is 35.5. The summed E-state index contributed by atoms with van der Waals surface area (Å²) in [6, 6.07) is 3.67. The second-order valence-electron chi connectivity index (χ2n) is 2.72. The molecule has 0 radical (unpaired) electrons. The van der Waals surface area contributed by atoms with Gasteiger partial charge in [0.25, 0.3) is 0 Å². The van der Waals surface area contributed by atoms with Crippen LogP contribution >= 0.6 is 11.6 Å². The quantitative estimate of drug-likeness (QED) is 0.786. The number of aliphatic hydroxyl groups is 1. The second-order valence-corrected chi connectivity index (χ2v) is 3.13. The van der Waals surface area contributed by atoms with Crippen molar-refractivity contribution in [2.75, 3.05) is 0 Å². The van der Waals surface area contributed by atoms with Crippen LogP contribution in [0, 0.1) is 11.3 Å². The molecule has 1 atom stereocenters. The number of hydrogen-bond acceptors (Lipinski definition) is 3. The number of pyridine rings is 1. The Hall–Kier alpha value is -1.11. The second kappa shape index (κ2) is 4.22. The van der Waals surface area contributed by atoms with Crippen LogP contribution in [0.3, 0.4) is 0 Å². The Morgan fingerprint density at radius 1 is 1.77 bits per heavy atom. The van der Waals surface area contributed by atoms with Gasteiger partial charge in [-0.1, -0.05) is 11.6 Å². The van der Waals surface area contributed by atoms with E-state index in [4.69, 9.17) is 22.0 Å². The summed E-state index contributed by atoms with van der Waals surface area (Å²) in [5.41, 5.74) is 1.21. The highest BCUT2D eigenvalue weighted by molar-refractivity contribution is 6.31. The lowest BCUT2D eigenvalue weighted by molar-refractivity contribution is 0.281. The fraction of sp³-hybridized carbons (Fsp3) is 0.333. The number of aromatic nitrogens is 1. The number of nitrogens with zero attached hydrogens (tertiary/aromatic N) is 2. The van der Waals surface area contributed by atoms with E-state index in [2.05, 4.69) is 11.1 Å². The molecule has 1 unspecified atom stereocenters. The molecular formula is C9H9ClN2O. The normalized spacial score (nSPS) is 12.2. The largest absolute Gasteiger partial charge is 0.392 e. The predicted molar refractivity (Wildman–Crippen MR) is 49.2 cm³/mol. The molecule has 3 nitrogen and oxygen atoms in total. The molecule has 0 saturated carbocycles. The van der Waals surface area contributed by atoms with E-state index in [1.807, 2.05) is 0 Å². The zero-order valence-electron chi connectivity index (χ0n) is 7.16. The maximum absolute atomic E-state index is 8.79. The monoisotopic (exact) mass is 196 g/mol. The first-order valence-corrected chi connectivity index (χ1v) is 4.21. The first kappa shape index (κ1) is 9.97. The van der Waals surface area contributed by atoms with Gasteiger partial charge in [0, 0.05) is 6.20 Å². The van der Waals surface area contributed by atoms with Crippen molar-refractivity contribution in [2.24, 2.45) is 0 Å². The van der Waals surface area contributed by atoms with Crippen LogP contribution < -0.4 is 0 Å². The van der Waals surface area contributed by atoms with Gasteiger partial charge in [-0.3, -0.25) is 4.98 Å². The van der Waals surface area contributed by atoms with Crippen LogP contribution in [-0.4, -0.2) is 10.1 Å². The van der Waals surface area contributed by atoms with Crippen molar-refractivity contribution < 1.29 is 5.11 Å². The summed E-state index contributed by atoms with van der Waals surface area (Å²) in [5.74, 6) is -0.319. The van der Waals surface area contributed by atoms with Crippen molar-refractivity contribution in [2.45, 2.75) is 19.4 Å². The molecule has 1 N–H and O–H groups in total. The summed E-state index contributed by atoms with van der Waals surface area (Å²) < 4.78 is 0. The minimum Gasteiger partial charge on any atom is -0.392 e. The molecule has 0 aliphatic rings. The van der Waals surface area contributed by atoms with Crippen molar-refractivity contribution in [3.63, 3.8) is 0 Å². The van der Waals surface area contributed by atoms with E-state index in [1.54, 1.807) is 13.0 Å². The van der Waals surface area contributed by atoms with Gasteiger partial charge in [-0.15, -0.1) is 0 Å². The standard InChI is InChI=1S/C9H9ClN2O/c1-6(3-11)9-8(10)2-7(5-13)4-12-9/h2,4,6,13H,5H2,1H3. The van der Waals surface area contributed by atoms with Crippen LogP contribution in [0.15, 0.2) is 12.3 Å². The Balaban J connectivity index is 3.06. The third-order valence-electron chi connectivity index (χ3n) is 1.71. The summed E-state index contributed by atoms with van der Waals surface area (Å²) in [6.45, 7) is 1.64. The molecule has 0 aliphatic carbocycles. The average Bonchev–Trinajstić information content (AvgIpc) is 2.16. The van der Waals surface area contributed by atoms with Crippen LogP contribution in [0.1, 0.15) is 24.1 Å². The zero-order chi connectivity index (χ0) is 9.84. The van der Waals surface area contributed by atoms with Crippen LogP contribution in [0.5, 0.6) is 0 Å². The van der Waals surface area contributed by atoms with Gasteiger partial charge in [0.05, 0.1) is 29.3 Å². The van der Waals surface area contributed by atoms with E-state index >= 15 is 0 Å². The Bertz CT molecular complexity index is 346. The molecule has 1 aromatic heterocycles. The van der Waals surface area contributed by atoms with Crippen LogP contribution in [0.25, 0.3) is 0 Å².